The van der Waals surface area contributed by atoms with Crippen molar-refractivity contribution in [3.8, 4) is 0 Å². The molecule has 0 radical (unpaired) electrons. The molecule has 0 spiro atoms. The molecule has 8 heteroatoms. The van der Waals surface area contributed by atoms with E-state index in [1.165, 1.54) is 17.6 Å². The van der Waals surface area contributed by atoms with Gasteiger partial charge in [0.15, 0.2) is 10.6 Å². The van der Waals surface area contributed by atoms with Crippen molar-refractivity contribution in [2.24, 2.45) is 4.99 Å². The number of hydrogen-bond acceptors (Lipinski definition) is 5. The molecule has 0 atom stereocenters. The average molecular weight is 475 g/mol. The highest BCUT2D eigenvalue weighted by Crippen LogP contribution is 2.19. The van der Waals surface area contributed by atoms with Gasteiger partial charge in [0.05, 0.1) is 23.0 Å². The lowest BCUT2D eigenvalue weighted by Crippen LogP contribution is -2.48. The summed E-state index contributed by atoms with van der Waals surface area (Å²) in [6.07, 6.45) is 1.47. The second-order valence-corrected chi connectivity index (χ2v) is 9.27. The van der Waals surface area contributed by atoms with E-state index in [0.717, 1.165) is 48.5 Å². The molecule has 1 fully saturated rings. The third-order valence-electron chi connectivity index (χ3n) is 6.17. The maximum absolute atomic E-state index is 12.9. The van der Waals surface area contributed by atoms with Crippen molar-refractivity contribution in [3.63, 3.8) is 0 Å². The molecule has 2 amide bonds. The first-order valence-electron chi connectivity index (χ1n) is 11.4. The molecule has 0 aliphatic carbocycles. The largest absolute Gasteiger partial charge is 0.459 e. The van der Waals surface area contributed by atoms with Crippen LogP contribution in [0.15, 0.2) is 76.3 Å². The van der Waals surface area contributed by atoms with Crippen molar-refractivity contribution in [1.29, 1.82) is 0 Å². The van der Waals surface area contributed by atoms with Gasteiger partial charge >= 0.3 is 5.91 Å². The molecule has 0 N–H and O–H groups in total. The number of amides is 2. The summed E-state index contributed by atoms with van der Waals surface area (Å²) in [7, 11) is 0. The van der Waals surface area contributed by atoms with Crippen molar-refractivity contribution < 1.29 is 14.0 Å². The van der Waals surface area contributed by atoms with Crippen molar-refractivity contribution >= 4 is 33.4 Å². The number of nitrogens with zero attached hydrogens (tertiary/aromatic N) is 4. The van der Waals surface area contributed by atoms with Crippen molar-refractivity contribution in [2.75, 3.05) is 32.7 Å². The van der Waals surface area contributed by atoms with Gasteiger partial charge in [0, 0.05) is 31.7 Å². The number of carbonyl (C=O) groups excluding carboxylic acids is 2. The summed E-state index contributed by atoms with van der Waals surface area (Å²) < 4.78 is 8.29. The maximum atomic E-state index is 12.9. The third kappa shape index (κ3) is 4.60. The van der Waals surface area contributed by atoms with Crippen LogP contribution in [0.1, 0.15) is 33.4 Å². The standard InChI is InChI=1S/C26H26N4O3S/c1-2-28-13-15-29(16-14-28)25(32)20-11-9-19(10-12-20)18-30-21-6-3-4-8-23(21)34-26(30)27-24(31)22-7-5-17-33-22/h3-12,17H,2,13-16,18H2,1H3. The number of thiazole rings is 1. The average Bonchev–Trinajstić information content (AvgIpc) is 3.53. The van der Waals surface area contributed by atoms with Gasteiger partial charge in [-0.3, -0.25) is 9.59 Å². The lowest BCUT2D eigenvalue weighted by Gasteiger charge is -2.34. The summed E-state index contributed by atoms with van der Waals surface area (Å²) in [5, 5.41) is 0. The van der Waals surface area contributed by atoms with E-state index < -0.39 is 5.91 Å². The fraction of sp³-hybridized carbons (Fsp3) is 0.269. The van der Waals surface area contributed by atoms with Crippen LogP contribution in [-0.2, 0) is 6.54 Å². The fourth-order valence-corrected chi connectivity index (χ4v) is 5.21. The smallest absolute Gasteiger partial charge is 0.315 e. The zero-order chi connectivity index (χ0) is 23.5. The van der Waals surface area contributed by atoms with Crippen LogP contribution < -0.4 is 4.80 Å². The second kappa shape index (κ2) is 9.79. The van der Waals surface area contributed by atoms with Crippen molar-refractivity contribution in [1.82, 2.24) is 14.4 Å². The Labute approximate surface area is 201 Å². The number of benzene rings is 2. The van der Waals surface area contributed by atoms with Gasteiger partial charge in [-0.15, -0.1) is 0 Å². The van der Waals surface area contributed by atoms with Crippen LogP contribution in [-0.4, -0.2) is 58.9 Å². The van der Waals surface area contributed by atoms with E-state index >= 15 is 0 Å². The van der Waals surface area contributed by atoms with Crippen LogP contribution in [0.25, 0.3) is 10.2 Å². The van der Waals surface area contributed by atoms with Gasteiger partial charge in [0.2, 0.25) is 0 Å². The molecule has 34 heavy (non-hydrogen) atoms. The van der Waals surface area contributed by atoms with Gasteiger partial charge in [-0.2, -0.15) is 4.99 Å². The monoisotopic (exact) mass is 474 g/mol. The van der Waals surface area contributed by atoms with E-state index in [0.29, 0.717) is 16.9 Å². The van der Waals surface area contributed by atoms with E-state index in [1.807, 2.05) is 58.0 Å². The minimum absolute atomic E-state index is 0.0793. The Kier molecular flexibility index (Phi) is 6.42. The molecular weight excluding hydrogens is 448 g/mol. The Morgan fingerprint density at radius 2 is 1.74 bits per heavy atom. The van der Waals surface area contributed by atoms with Gasteiger partial charge in [0.25, 0.3) is 5.91 Å². The summed E-state index contributed by atoms with van der Waals surface area (Å²) in [5.74, 6) is -0.114. The first-order chi connectivity index (χ1) is 16.6. The molecule has 0 unspecified atom stereocenters. The van der Waals surface area contributed by atoms with Crippen LogP contribution in [0.4, 0.5) is 0 Å². The number of hydrogen-bond donors (Lipinski definition) is 0. The predicted molar refractivity (Wildman–Crippen MR) is 132 cm³/mol. The number of likely N-dealkylation sites (N-methyl/N-ethyl adjacent to an activating group) is 1. The molecule has 5 rings (SSSR count). The first-order valence-corrected chi connectivity index (χ1v) is 12.3. The number of fused-ring (bicyclic) bond motifs is 1. The van der Waals surface area contributed by atoms with E-state index in [1.54, 1.807) is 12.1 Å². The quantitative estimate of drug-likeness (QED) is 0.440. The number of para-hydroxylation sites is 1. The lowest BCUT2D eigenvalue weighted by molar-refractivity contribution is 0.0643. The van der Waals surface area contributed by atoms with Gasteiger partial charge in [-0.05, 0) is 48.5 Å². The summed E-state index contributed by atoms with van der Waals surface area (Å²) in [5.41, 5.74) is 2.74. The Bertz CT molecular complexity index is 1360. The Morgan fingerprint density at radius 1 is 0.971 bits per heavy atom. The summed E-state index contributed by atoms with van der Waals surface area (Å²) in [4.78, 5) is 34.7. The molecule has 174 valence electrons. The molecule has 1 aliphatic rings. The van der Waals surface area contributed by atoms with Crippen LogP contribution in [0.3, 0.4) is 0 Å². The zero-order valence-corrected chi connectivity index (χ0v) is 19.8. The molecular formula is C26H26N4O3S. The van der Waals surface area contributed by atoms with Gasteiger partial charge < -0.3 is 18.8 Å². The summed E-state index contributed by atoms with van der Waals surface area (Å²) in [6.45, 7) is 7.08. The van der Waals surface area contributed by atoms with E-state index in [2.05, 4.69) is 16.8 Å². The zero-order valence-electron chi connectivity index (χ0n) is 19.0. The minimum Gasteiger partial charge on any atom is -0.459 e. The third-order valence-corrected chi connectivity index (χ3v) is 7.23. The summed E-state index contributed by atoms with van der Waals surface area (Å²) in [6, 6.07) is 19.0. The van der Waals surface area contributed by atoms with Crippen LogP contribution >= 0.6 is 11.3 Å². The maximum Gasteiger partial charge on any atom is 0.315 e. The molecule has 1 saturated heterocycles. The van der Waals surface area contributed by atoms with Crippen LogP contribution in [0.5, 0.6) is 0 Å². The Morgan fingerprint density at radius 3 is 2.44 bits per heavy atom. The number of rotatable bonds is 5. The van der Waals surface area contributed by atoms with Crippen molar-refractivity contribution in [2.45, 2.75) is 13.5 Å². The molecule has 0 bridgehead atoms. The van der Waals surface area contributed by atoms with Gasteiger partial charge in [-0.1, -0.05) is 42.5 Å². The Balaban J connectivity index is 1.39. The highest BCUT2D eigenvalue weighted by Gasteiger charge is 2.21. The second-order valence-electron chi connectivity index (χ2n) is 8.26. The molecule has 3 heterocycles. The number of piperazine rings is 1. The predicted octanol–water partition coefficient (Wildman–Crippen LogP) is 3.86. The number of carbonyl (C=O) groups is 2. The van der Waals surface area contributed by atoms with E-state index in [-0.39, 0.29) is 11.7 Å². The highest BCUT2D eigenvalue weighted by molar-refractivity contribution is 7.16. The minimum atomic E-state index is -0.408. The number of aromatic nitrogens is 1. The fourth-order valence-electron chi connectivity index (χ4n) is 4.19. The lowest BCUT2D eigenvalue weighted by atomic mass is 10.1. The molecule has 1 aliphatic heterocycles. The first kappa shape index (κ1) is 22.3. The van der Waals surface area contributed by atoms with Crippen LogP contribution in [0, 0.1) is 0 Å². The Hall–Kier alpha value is -3.49. The van der Waals surface area contributed by atoms with Crippen molar-refractivity contribution in [3.05, 3.63) is 88.6 Å². The van der Waals surface area contributed by atoms with Gasteiger partial charge in [0.1, 0.15) is 0 Å². The topological polar surface area (TPSA) is 71.1 Å². The molecule has 2 aromatic carbocycles. The number of furan rings is 1. The van der Waals surface area contributed by atoms with Crippen LogP contribution in [0.2, 0.25) is 0 Å². The SMILES string of the molecule is CCN1CCN(C(=O)c2ccc(Cn3c(=NC(=O)c4ccco4)sc4ccccc43)cc2)CC1. The summed E-state index contributed by atoms with van der Waals surface area (Å²) >= 11 is 1.47. The molecule has 2 aromatic heterocycles. The molecule has 7 nitrogen and oxygen atoms in total. The molecule has 4 aromatic rings. The van der Waals surface area contributed by atoms with E-state index in [9.17, 15) is 9.59 Å². The normalized spacial score (nSPS) is 15.2. The molecule has 0 saturated carbocycles. The highest BCUT2D eigenvalue weighted by atomic mass is 32.1. The van der Waals surface area contributed by atoms with Gasteiger partial charge in [-0.25, -0.2) is 0 Å². The van der Waals surface area contributed by atoms with E-state index in [4.69, 9.17) is 4.42 Å².